The van der Waals surface area contributed by atoms with Crippen LogP contribution in [0.25, 0.3) is 0 Å². The molecule has 0 aliphatic carbocycles. The lowest BCUT2D eigenvalue weighted by atomic mass is 10.4. The van der Waals surface area contributed by atoms with E-state index >= 15 is 0 Å². The first kappa shape index (κ1) is 9.21. The van der Waals surface area contributed by atoms with Gasteiger partial charge in [-0.15, -0.1) is 0 Å². The third-order valence-electron chi connectivity index (χ3n) is 2.61. The summed E-state index contributed by atoms with van der Waals surface area (Å²) in [6.07, 6.45) is 0. The number of rotatable bonds is 2. The molecule has 2 fully saturated rings. The molecule has 74 valence electrons. The molecular formula is C10H10BrNOS. The van der Waals surface area contributed by atoms with Crippen molar-refractivity contribution in [2.45, 2.75) is 17.0 Å². The Morgan fingerprint density at radius 2 is 1.86 bits per heavy atom. The first-order chi connectivity index (χ1) is 6.84. The molecule has 2 aliphatic rings. The van der Waals surface area contributed by atoms with Gasteiger partial charge in [0.05, 0.1) is 25.3 Å². The molecule has 0 saturated carbocycles. The van der Waals surface area contributed by atoms with Crippen molar-refractivity contribution in [1.82, 2.24) is 4.31 Å². The molecule has 0 N–H and O–H groups in total. The summed E-state index contributed by atoms with van der Waals surface area (Å²) in [5.41, 5.74) is 0. The molecule has 2 atom stereocenters. The molecule has 2 nitrogen and oxygen atoms in total. The second-order valence-corrected chi connectivity index (χ2v) is 5.57. The molecule has 0 aromatic heterocycles. The topological polar surface area (TPSA) is 12.2 Å². The lowest BCUT2D eigenvalue weighted by Crippen LogP contribution is -2.04. The monoisotopic (exact) mass is 271 g/mol. The van der Waals surface area contributed by atoms with E-state index in [0.29, 0.717) is 12.1 Å². The SMILES string of the molecule is Brc1ccc(SN2C3COCC32)cc1. The lowest BCUT2D eigenvalue weighted by molar-refractivity contribution is 0.158. The highest BCUT2D eigenvalue weighted by Crippen LogP contribution is 2.43. The van der Waals surface area contributed by atoms with Crippen LogP contribution in [0.2, 0.25) is 0 Å². The zero-order chi connectivity index (χ0) is 9.54. The number of nitrogens with zero attached hydrogens (tertiary/aromatic N) is 1. The molecule has 0 bridgehead atoms. The van der Waals surface area contributed by atoms with Gasteiger partial charge >= 0.3 is 0 Å². The highest BCUT2D eigenvalue weighted by Gasteiger charge is 2.52. The summed E-state index contributed by atoms with van der Waals surface area (Å²) in [6.45, 7) is 1.82. The van der Waals surface area contributed by atoms with E-state index in [1.807, 2.05) is 11.9 Å². The first-order valence-corrected chi connectivity index (χ1v) is 6.21. The number of ether oxygens (including phenoxy) is 1. The lowest BCUT2D eigenvalue weighted by Gasteiger charge is -2.06. The van der Waals surface area contributed by atoms with Crippen LogP contribution in [0.3, 0.4) is 0 Å². The summed E-state index contributed by atoms with van der Waals surface area (Å²) in [6, 6.07) is 9.79. The molecule has 0 spiro atoms. The Morgan fingerprint density at radius 3 is 2.50 bits per heavy atom. The molecule has 2 unspecified atom stereocenters. The number of benzene rings is 1. The predicted molar refractivity (Wildman–Crippen MR) is 60.2 cm³/mol. The van der Waals surface area contributed by atoms with Gasteiger partial charge in [-0.25, -0.2) is 4.31 Å². The molecule has 14 heavy (non-hydrogen) atoms. The second kappa shape index (κ2) is 3.52. The average molecular weight is 272 g/mol. The van der Waals surface area contributed by atoms with E-state index in [4.69, 9.17) is 4.74 Å². The van der Waals surface area contributed by atoms with E-state index in [9.17, 15) is 0 Å². The van der Waals surface area contributed by atoms with Gasteiger partial charge in [-0.05, 0) is 36.2 Å². The molecule has 0 radical (unpaired) electrons. The van der Waals surface area contributed by atoms with Crippen molar-refractivity contribution in [3.05, 3.63) is 28.7 Å². The van der Waals surface area contributed by atoms with Crippen molar-refractivity contribution in [2.75, 3.05) is 13.2 Å². The summed E-state index contributed by atoms with van der Waals surface area (Å²) < 4.78 is 8.89. The third-order valence-corrected chi connectivity index (χ3v) is 4.37. The van der Waals surface area contributed by atoms with Gasteiger partial charge in [-0.1, -0.05) is 15.9 Å². The summed E-state index contributed by atoms with van der Waals surface area (Å²) in [5, 5.41) is 0. The van der Waals surface area contributed by atoms with Crippen molar-refractivity contribution in [3.63, 3.8) is 0 Å². The Bertz CT molecular complexity index is 332. The van der Waals surface area contributed by atoms with Gasteiger partial charge in [0.15, 0.2) is 0 Å². The molecule has 1 aromatic carbocycles. The smallest absolute Gasteiger partial charge is 0.0648 e. The van der Waals surface area contributed by atoms with Crippen LogP contribution < -0.4 is 0 Å². The van der Waals surface area contributed by atoms with Crippen LogP contribution in [0.5, 0.6) is 0 Å². The van der Waals surface area contributed by atoms with Crippen LogP contribution in [0.15, 0.2) is 33.6 Å². The molecule has 4 heteroatoms. The molecule has 2 aliphatic heterocycles. The minimum absolute atomic E-state index is 0.670. The standard InChI is InChI=1S/C10H10BrNOS/c11-7-1-3-8(4-2-7)14-12-9-5-13-6-10(9)12/h1-4,9-10H,5-6H2. The fourth-order valence-electron chi connectivity index (χ4n) is 1.74. The normalized spacial score (nSPS) is 34.2. The van der Waals surface area contributed by atoms with Crippen molar-refractivity contribution in [1.29, 1.82) is 0 Å². The minimum Gasteiger partial charge on any atom is -0.378 e. The first-order valence-electron chi connectivity index (χ1n) is 4.64. The third kappa shape index (κ3) is 1.60. The molecule has 2 heterocycles. The highest BCUT2D eigenvalue weighted by molar-refractivity contribution is 9.10. The van der Waals surface area contributed by atoms with E-state index in [1.165, 1.54) is 4.90 Å². The van der Waals surface area contributed by atoms with Crippen molar-refractivity contribution in [2.24, 2.45) is 0 Å². The molecule has 0 amide bonds. The van der Waals surface area contributed by atoms with Gasteiger partial charge in [0.1, 0.15) is 0 Å². The van der Waals surface area contributed by atoms with Gasteiger partial charge in [0, 0.05) is 9.37 Å². The largest absolute Gasteiger partial charge is 0.378 e. The van der Waals surface area contributed by atoms with Crippen molar-refractivity contribution >= 4 is 27.9 Å². The van der Waals surface area contributed by atoms with Gasteiger partial charge in [-0.2, -0.15) is 0 Å². The van der Waals surface area contributed by atoms with Crippen molar-refractivity contribution < 1.29 is 4.74 Å². The Morgan fingerprint density at radius 1 is 1.21 bits per heavy atom. The van der Waals surface area contributed by atoms with Crippen LogP contribution in [0, 0.1) is 0 Å². The van der Waals surface area contributed by atoms with Gasteiger partial charge in [0.2, 0.25) is 0 Å². The highest BCUT2D eigenvalue weighted by atomic mass is 79.9. The number of hydrogen-bond acceptors (Lipinski definition) is 3. The van der Waals surface area contributed by atoms with E-state index in [-0.39, 0.29) is 0 Å². The fourth-order valence-corrected chi connectivity index (χ4v) is 3.13. The summed E-state index contributed by atoms with van der Waals surface area (Å²) >= 11 is 5.28. The average Bonchev–Trinajstić information content (AvgIpc) is 2.63. The van der Waals surface area contributed by atoms with E-state index in [2.05, 4.69) is 44.5 Å². The maximum absolute atomic E-state index is 5.33. The van der Waals surface area contributed by atoms with Gasteiger partial charge in [-0.3, -0.25) is 0 Å². The molecule has 3 rings (SSSR count). The summed E-state index contributed by atoms with van der Waals surface area (Å²) in [7, 11) is 0. The molecular weight excluding hydrogens is 262 g/mol. The summed E-state index contributed by atoms with van der Waals surface area (Å²) in [4.78, 5) is 1.31. The predicted octanol–water partition coefficient (Wildman–Crippen LogP) is 2.54. The minimum atomic E-state index is 0.670. The quantitative estimate of drug-likeness (QED) is 0.606. The van der Waals surface area contributed by atoms with Gasteiger partial charge in [0.25, 0.3) is 0 Å². The Hall–Kier alpha value is -0.0300. The fraction of sp³-hybridized carbons (Fsp3) is 0.400. The Kier molecular flexibility index (Phi) is 2.32. The van der Waals surface area contributed by atoms with Crippen LogP contribution in [-0.2, 0) is 4.74 Å². The number of hydrogen-bond donors (Lipinski definition) is 0. The molecule has 2 saturated heterocycles. The zero-order valence-electron chi connectivity index (χ0n) is 7.52. The van der Waals surface area contributed by atoms with E-state index in [0.717, 1.165) is 17.7 Å². The van der Waals surface area contributed by atoms with E-state index in [1.54, 1.807) is 0 Å². The summed E-state index contributed by atoms with van der Waals surface area (Å²) in [5.74, 6) is 0. The molecule has 1 aromatic rings. The maximum atomic E-state index is 5.33. The van der Waals surface area contributed by atoms with Crippen LogP contribution in [-0.4, -0.2) is 29.6 Å². The number of halogens is 1. The number of fused-ring (bicyclic) bond motifs is 1. The Balaban J connectivity index is 1.65. The zero-order valence-corrected chi connectivity index (χ0v) is 9.92. The van der Waals surface area contributed by atoms with Crippen LogP contribution >= 0.6 is 27.9 Å². The van der Waals surface area contributed by atoms with E-state index < -0.39 is 0 Å². The second-order valence-electron chi connectivity index (χ2n) is 3.58. The van der Waals surface area contributed by atoms with Gasteiger partial charge < -0.3 is 4.74 Å². The maximum Gasteiger partial charge on any atom is 0.0648 e. The van der Waals surface area contributed by atoms with Crippen LogP contribution in [0.4, 0.5) is 0 Å². The number of morpholine rings is 1. The Labute approximate surface area is 95.9 Å². The van der Waals surface area contributed by atoms with Crippen molar-refractivity contribution in [3.8, 4) is 0 Å². The van der Waals surface area contributed by atoms with Crippen LogP contribution in [0.1, 0.15) is 0 Å².